The topological polar surface area (TPSA) is 78.5 Å². The highest BCUT2D eigenvalue weighted by Crippen LogP contribution is 2.30. The lowest BCUT2D eigenvalue weighted by atomic mass is 10.1. The van der Waals surface area contributed by atoms with E-state index < -0.39 is 11.8 Å². The largest absolute Gasteiger partial charge is 0.350 e. The Morgan fingerprint density at radius 2 is 1.56 bits per heavy atom. The molecule has 1 aliphatic rings. The van der Waals surface area contributed by atoms with Gasteiger partial charge in [-0.1, -0.05) is 47.5 Å². The highest BCUT2D eigenvalue weighted by Gasteiger charge is 2.38. The number of rotatable bonds is 5. The third kappa shape index (κ3) is 4.13. The lowest BCUT2D eigenvalue weighted by molar-refractivity contribution is -0.120. The number of aryl methyl sites for hydroxylation is 2. The molecule has 1 heterocycles. The van der Waals surface area contributed by atoms with Gasteiger partial charge >= 0.3 is 0 Å². The molecule has 0 saturated carbocycles. The van der Waals surface area contributed by atoms with Crippen LogP contribution in [0.5, 0.6) is 0 Å². The van der Waals surface area contributed by atoms with Crippen LogP contribution in [0.3, 0.4) is 0 Å². The molecule has 160 valence electrons. The standard InChI is InChI=1S/C25H20ClN3O3/c1-15-8-13-20(16(2)14-15)28-23(30)17-9-11-18(12-10-17)27-22-21(26)24(31)29(25(22)32)19-6-4-3-5-7-19/h3-14,27H,1-2H3,(H,28,30). The summed E-state index contributed by atoms with van der Waals surface area (Å²) >= 11 is 6.16. The number of hydrogen-bond donors (Lipinski definition) is 2. The van der Waals surface area contributed by atoms with Crippen molar-refractivity contribution in [3.05, 3.63) is 100 Å². The molecule has 4 rings (SSSR count). The molecule has 0 atom stereocenters. The number of amides is 3. The van der Waals surface area contributed by atoms with Gasteiger partial charge in [0.2, 0.25) is 0 Å². The van der Waals surface area contributed by atoms with Crippen molar-refractivity contribution in [2.24, 2.45) is 0 Å². The minimum absolute atomic E-state index is 0.00648. The van der Waals surface area contributed by atoms with Gasteiger partial charge in [-0.05, 0) is 61.9 Å². The first-order valence-corrected chi connectivity index (χ1v) is 10.3. The summed E-state index contributed by atoms with van der Waals surface area (Å²) in [5.74, 6) is -1.37. The molecular weight excluding hydrogens is 426 g/mol. The van der Waals surface area contributed by atoms with Crippen molar-refractivity contribution < 1.29 is 14.4 Å². The normalized spacial score (nSPS) is 13.5. The molecule has 0 unspecified atom stereocenters. The van der Waals surface area contributed by atoms with Crippen molar-refractivity contribution in [2.45, 2.75) is 13.8 Å². The third-order valence-corrected chi connectivity index (χ3v) is 5.44. The average molecular weight is 446 g/mol. The van der Waals surface area contributed by atoms with Gasteiger partial charge < -0.3 is 10.6 Å². The van der Waals surface area contributed by atoms with Crippen molar-refractivity contribution in [2.75, 3.05) is 15.5 Å². The molecule has 0 radical (unpaired) electrons. The lowest BCUT2D eigenvalue weighted by Gasteiger charge is -2.15. The van der Waals surface area contributed by atoms with Crippen LogP contribution in [0.15, 0.2) is 83.5 Å². The molecule has 0 fully saturated rings. The van der Waals surface area contributed by atoms with E-state index in [9.17, 15) is 14.4 Å². The molecule has 32 heavy (non-hydrogen) atoms. The summed E-state index contributed by atoms with van der Waals surface area (Å²) in [6.45, 7) is 3.93. The predicted molar refractivity (Wildman–Crippen MR) is 126 cm³/mol. The van der Waals surface area contributed by atoms with E-state index in [2.05, 4.69) is 10.6 Å². The van der Waals surface area contributed by atoms with E-state index in [0.29, 0.717) is 16.9 Å². The molecule has 3 aromatic carbocycles. The number of nitrogens with zero attached hydrogens (tertiary/aromatic N) is 1. The second-order valence-corrected chi connectivity index (χ2v) is 7.82. The number of benzene rings is 3. The summed E-state index contributed by atoms with van der Waals surface area (Å²) in [5.41, 5.74) is 4.26. The molecule has 0 saturated heterocycles. The van der Waals surface area contributed by atoms with Crippen LogP contribution in [-0.2, 0) is 9.59 Å². The maximum absolute atomic E-state index is 12.8. The Balaban J connectivity index is 1.48. The van der Waals surface area contributed by atoms with E-state index in [1.54, 1.807) is 54.6 Å². The van der Waals surface area contributed by atoms with Gasteiger partial charge in [0.05, 0.1) is 5.69 Å². The quantitative estimate of drug-likeness (QED) is 0.542. The summed E-state index contributed by atoms with van der Waals surface area (Å²) in [5, 5.41) is 5.62. The van der Waals surface area contributed by atoms with Crippen LogP contribution in [0, 0.1) is 13.8 Å². The van der Waals surface area contributed by atoms with E-state index in [-0.39, 0.29) is 16.6 Å². The number of halogens is 1. The van der Waals surface area contributed by atoms with Gasteiger partial charge in [0, 0.05) is 16.9 Å². The zero-order chi connectivity index (χ0) is 22.8. The summed E-state index contributed by atoms with van der Waals surface area (Å²) in [6, 6.07) is 20.9. The van der Waals surface area contributed by atoms with Crippen LogP contribution in [0.1, 0.15) is 21.5 Å². The molecule has 0 bridgehead atoms. The van der Waals surface area contributed by atoms with Crippen LogP contribution in [0.25, 0.3) is 0 Å². The summed E-state index contributed by atoms with van der Waals surface area (Å²) in [4.78, 5) is 38.9. The maximum Gasteiger partial charge on any atom is 0.283 e. The van der Waals surface area contributed by atoms with Gasteiger partial charge in [-0.2, -0.15) is 0 Å². The van der Waals surface area contributed by atoms with Crippen molar-refractivity contribution in [3.63, 3.8) is 0 Å². The second kappa shape index (κ2) is 8.69. The van der Waals surface area contributed by atoms with E-state index in [4.69, 9.17) is 11.6 Å². The molecule has 1 aliphatic heterocycles. The van der Waals surface area contributed by atoms with Gasteiger partial charge in [0.25, 0.3) is 17.7 Å². The third-order valence-electron chi connectivity index (χ3n) is 5.09. The zero-order valence-corrected chi connectivity index (χ0v) is 18.2. The number of imide groups is 1. The Bertz CT molecular complexity index is 1250. The van der Waals surface area contributed by atoms with Gasteiger partial charge in [-0.15, -0.1) is 0 Å². The highest BCUT2D eigenvalue weighted by molar-refractivity contribution is 6.53. The first-order chi connectivity index (χ1) is 15.3. The molecule has 0 aromatic heterocycles. The molecule has 6 nitrogen and oxygen atoms in total. The van der Waals surface area contributed by atoms with Crippen LogP contribution < -0.4 is 15.5 Å². The number of carbonyl (C=O) groups is 3. The minimum Gasteiger partial charge on any atom is -0.350 e. The number of carbonyl (C=O) groups excluding carboxylic acids is 3. The highest BCUT2D eigenvalue weighted by atomic mass is 35.5. The predicted octanol–water partition coefficient (Wildman–Crippen LogP) is 4.99. The zero-order valence-electron chi connectivity index (χ0n) is 17.5. The molecule has 0 aliphatic carbocycles. The smallest absolute Gasteiger partial charge is 0.283 e. The fourth-order valence-electron chi connectivity index (χ4n) is 3.42. The number of nitrogens with one attached hydrogen (secondary N) is 2. The molecule has 3 aromatic rings. The van der Waals surface area contributed by atoms with Crippen molar-refractivity contribution in [1.82, 2.24) is 0 Å². The fourth-order valence-corrected chi connectivity index (χ4v) is 3.63. The Labute approximate surface area is 190 Å². The van der Waals surface area contributed by atoms with Gasteiger partial charge in [-0.25, -0.2) is 4.90 Å². The monoisotopic (exact) mass is 445 g/mol. The van der Waals surface area contributed by atoms with E-state index >= 15 is 0 Å². The van der Waals surface area contributed by atoms with Gasteiger partial charge in [0.1, 0.15) is 10.7 Å². The summed E-state index contributed by atoms with van der Waals surface area (Å²) < 4.78 is 0. The fraction of sp³-hybridized carbons (Fsp3) is 0.0800. The first kappa shape index (κ1) is 21.3. The van der Waals surface area contributed by atoms with Crippen molar-refractivity contribution in [3.8, 4) is 0 Å². The van der Waals surface area contributed by atoms with Crippen LogP contribution in [-0.4, -0.2) is 17.7 Å². The average Bonchev–Trinajstić information content (AvgIpc) is 3.00. The summed E-state index contributed by atoms with van der Waals surface area (Å²) in [7, 11) is 0. The molecule has 7 heteroatoms. The molecule has 3 amide bonds. The second-order valence-electron chi connectivity index (χ2n) is 7.45. The number of para-hydroxylation sites is 1. The Morgan fingerprint density at radius 3 is 2.22 bits per heavy atom. The molecule has 0 spiro atoms. The van der Waals surface area contributed by atoms with Gasteiger partial charge in [-0.3, -0.25) is 14.4 Å². The van der Waals surface area contributed by atoms with E-state index in [0.717, 1.165) is 21.7 Å². The summed E-state index contributed by atoms with van der Waals surface area (Å²) in [6.07, 6.45) is 0. The van der Waals surface area contributed by atoms with Crippen LogP contribution >= 0.6 is 11.6 Å². The molecule has 2 N–H and O–H groups in total. The first-order valence-electron chi connectivity index (χ1n) is 9.94. The van der Waals surface area contributed by atoms with Crippen molar-refractivity contribution >= 4 is 46.4 Å². The van der Waals surface area contributed by atoms with E-state index in [1.807, 2.05) is 32.0 Å². The molecular formula is C25H20ClN3O3. The minimum atomic E-state index is -0.588. The van der Waals surface area contributed by atoms with Crippen molar-refractivity contribution in [1.29, 1.82) is 0 Å². The van der Waals surface area contributed by atoms with E-state index in [1.165, 1.54) is 0 Å². The maximum atomic E-state index is 12.8. The van der Waals surface area contributed by atoms with Crippen LogP contribution in [0.4, 0.5) is 17.1 Å². The van der Waals surface area contributed by atoms with Crippen LogP contribution in [0.2, 0.25) is 0 Å². The Morgan fingerprint density at radius 1 is 0.875 bits per heavy atom. The Kier molecular flexibility index (Phi) is 5.79. The SMILES string of the molecule is Cc1ccc(NC(=O)c2ccc(NC3=C(Cl)C(=O)N(c4ccccc4)C3=O)cc2)c(C)c1. The van der Waals surface area contributed by atoms with Gasteiger partial charge in [0.15, 0.2) is 0 Å². The Hall–Kier alpha value is -3.90. The lowest BCUT2D eigenvalue weighted by Crippen LogP contribution is -2.32. The number of hydrogen-bond acceptors (Lipinski definition) is 4. The number of anilines is 3.